The van der Waals surface area contributed by atoms with Crippen LogP contribution in [0.5, 0.6) is 0 Å². The second kappa shape index (κ2) is 6.50. The maximum absolute atomic E-state index is 12.3. The first-order valence-electron chi connectivity index (χ1n) is 7.09. The molecule has 0 aliphatic carbocycles. The number of benzene rings is 1. The van der Waals surface area contributed by atoms with E-state index in [2.05, 4.69) is 0 Å². The molecule has 102 valence electrons. The number of rotatable bonds is 4. The molecule has 0 aromatic heterocycles. The van der Waals surface area contributed by atoms with Crippen molar-refractivity contribution in [2.75, 3.05) is 13.1 Å². The minimum atomic E-state index is 0.0769. The number of carbonyl (C=O) groups is 2. The summed E-state index contributed by atoms with van der Waals surface area (Å²) in [6, 6.07) is 9.46. The highest BCUT2D eigenvalue weighted by Crippen LogP contribution is 2.22. The maximum atomic E-state index is 12.3. The zero-order chi connectivity index (χ0) is 13.7. The zero-order valence-corrected chi connectivity index (χ0v) is 11.5. The summed E-state index contributed by atoms with van der Waals surface area (Å²) in [4.78, 5) is 26.0. The van der Waals surface area contributed by atoms with E-state index < -0.39 is 0 Å². The van der Waals surface area contributed by atoms with E-state index in [1.807, 2.05) is 42.2 Å². The zero-order valence-electron chi connectivity index (χ0n) is 11.5. The Labute approximate surface area is 114 Å². The standard InChI is InChI=1S/C16H21NO2/c1-2-6-15(18)17-11-9-14(10-12-17)16(19)13-7-4-3-5-8-13/h3-5,7-8,14H,2,6,9-12H2,1H3. The predicted molar refractivity (Wildman–Crippen MR) is 75.0 cm³/mol. The van der Waals surface area contributed by atoms with E-state index in [1.54, 1.807) is 0 Å². The summed E-state index contributed by atoms with van der Waals surface area (Å²) in [5, 5.41) is 0. The Morgan fingerprint density at radius 3 is 2.37 bits per heavy atom. The SMILES string of the molecule is CCCC(=O)N1CCC(C(=O)c2ccccc2)CC1. The summed E-state index contributed by atoms with van der Waals surface area (Å²) in [5.74, 6) is 0.532. The average Bonchev–Trinajstić information content (AvgIpc) is 2.48. The quantitative estimate of drug-likeness (QED) is 0.780. The molecule has 1 amide bonds. The van der Waals surface area contributed by atoms with Gasteiger partial charge in [0, 0.05) is 31.0 Å². The molecule has 1 saturated heterocycles. The molecular formula is C16H21NO2. The van der Waals surface area contributed by atoms with Crippen LogP contribution in [0.3, 0.4) is 0 Å². The molecule has 0 N–H and O–H groups in total. The van der Waals surface area contributed by atoms with Gasteiger partial charge in [-0.25, -0.2) is 0 Å². The van der Waals surface area contributed by atoms with Gasteiger partial charge >= 0.3 is 0 Å². The number of amides is 1. The number of Topliss-reactive ketones (excluding diaryl/α,β-unsaturated/α-hetero) is 1. The first-order valence-corrected chi connectivity index (χ1v) is 7.09. The number of hydrogen-bond donors (Lipinski definition) is 0. The first kappa shape index (κ1) is 13.8. The van der Waals surface area contributed by atoms with E-state index in [0.717, 1.165) is 37.9 Å². The van der Waals surface area contributed by atoms with Crippen molar-refractivity contribution in [3.8, 4) is 0 Å². The van der Waals surface area contributed by atoms with Crippen molar-refractivity contribution in [2.24, 2.45) is 5.92 Å². The van der Waals surface area contributed by atoms with E-state index in [1.165, 1.54) is 0 Å². The van der Waals surface area contributed by atoms with Crippen molar-refractivity contribution in [2.45, 2.75) is 32.6 Å². The number of ketones is 1. The summed E-state index contributed by atoms with van der Waals surface area (Å²) in [6.45, 7) is 3.47. The minimum Gasteiger partial charge on any atom is -0.343 e. The molecule has 3 heteroatoms. The third-order valence-corrected chi connectivity index (χ3v) is 3.74. The summed E-state index contributed by atoms with van der Waals surface area (Å²) < 4.78 is 0. The van der Waals surface area contributed by atoms with Crippen LogP contribution in [-0.4, -0.2) is 29.7 Å². The van der Waals surface area contributed by atoms with Gasteiger partial charge in [0.2, 0.25) is 5.91 Å². The maximum Gasteiger partial charge on any atom is 0.222 e. The van der Waals surface area contributed by atoms with Crippen LogP contribution >= 0.6 is 0 Å². The number of piperidine rings is 1. The van der Waals surface area contributed by atoms with Gasteiger partial charge in [-0.15, -0.1) is 0 Å². The number of hydrogen-bond acceptors (Lipinski definition) is 2. The van der Waals surface area contributed by atoms with Gasteiger partial charge in [-0.3, -0.25) is 9.59 Å². The molecule has 1 aromatic carbocycles. The Hall–Kier alpha value is -1.64. The van der Waals surface area contributed by atoms with Crippen LogP contribution in [0.2, 0.25) is 0 Å². The molecule has 1 aliphatic heterocycles. The fraction of sp³-hybridized carbons (Fsp3) is 0.500. The van der Waals surface area contributed by atoms with E-state index in [4.69, 9.17) is 0 Å². The predicted octanol–water partition coefficient (Wildman–Crippen LogP) is 2.91. The molecule has 19 heavy (non-hydrogen) atoms. The third kappa shape index (κ3) is 3.43. The van der Waals surface area contributed by atoms with E-state index >= 15 is 0 Å². The van der Waals surface area contributed by atoms with Gasteiger partial charge in [0.25, 0.3) is 0 Å². The summed E-state index contributed by atoms with van der Waals surface area (Å²) in [5.41, 5.74) is 0.792. The Morgan fingerprint density at radius 1 is 1.16 bits per heavy atom. The van der Waals surface area contributed by atoms with Gasteiger partial charge < -0.3 is 4.90 Å². The van der Waals surface area contributed by atoms with Gasteiger partial charge in [0.15, 0.2) is 5.78 Å². The van der Waals surface area contributed by atoms with Gasteiger partial charge in [-0.1, -0.05) is 37.3 Å². The van der Waals surface area contributed by atoms with Crippen LogP contribution in [0.15, 0.2) is 30.3 Å². The molecule has 0 spiro atoms. The monoisotopic (exact) mass is 259 g/mol. The Balaban J connectivity index is 1.90. The lowest BCUT2D eigenvalue weighted by Gasteiger charge is -2.31. The van der Waals surface area contributed by atoms with Crippen LogP contribution < -0.4 is 0 Å². The fourth-order valence-corrected chi connectivity index (χ4v) is 2.60. The van der Waals surface area contributed by atoms with Crippen molar-refractivity contribution in [1.29, 1.82) is 0 Å². The van der Waals surface area contributed by atoms with Crippen LogP contribution in [0.4, 0.5) is 0 Å². The number of nitrogens with zero attached hydrogens (tertiary/aromatic N) is 1. The fourth-order valence-electron chi connectivity index (χ4n) is 2.60. The first-order chi connectivity index (χ1) is 9.22. The van der Waals surface area contributed by atoms with Crippen molar-refractivity contribution in [1.82, 2.24) is 4.90 Å². The summed E-state index contributed by atoms with van der Waals surface area (Å²) in [7, 11) is 0. The average molecular weight is 259 g/mol. The van der Waals surface area contributed by atoms with Crippen LogP contribution in [0, 0.1) is 5.92 Å². The van der Waals surface area contributed by atoms with Gasteiger partial charge in [0.05, 0.1) is 0 Å². The normalized spacial score (nSPS) is 16.4. The Bertz CT molecular complexity index is 433. The molecular weight excluding hydrogens is 238 g/mol. The van der Waals surface area contributed by atoms with Gasteiger partial charge in [-0.2, -0.15) is 0 Å². The second-order valence-electron chi connectivity index (χ2n) is 5.14. The van der Waals surface area contributed by atoms with Crippen LogP contribution in [0.25, 0.3) is 0 Å². The molecule has 1 fully saturated rings. The lowest BCUT2D eigenvalue weighted by atomic mass is 9.89. The molecule has 0 radical (unpaired) electrons. The molecule has 0 bridgehead atoms. The van der Waals surface area contributed by atoms with Crippen molar-refractivity contribution in [3.63, 3.8) is 0 Å². The van der Waals surface area contributed by atoms with Gasteiger partial charge in [-0.05, 0) is 19.3 Å². The minimum absolute atomic E-state index is 0.0769. The Kier molecular flexibility index (Phi) is 4.72. The number of carbonyl (C=O) groups excluding carboxylic acids is 2. The largest absolute Gasteiger partial charge is 0.343 e. The third-order valence-electron chi connectivity index (χ3n) is 3.74. The second-order valence-corrected chi connectivity index (χ2v) is 5.14. The Morgan fingerprint density at radius 2 is 1.79 bits per heavy atom. The van der Waals surface area contributed by atoms with Crippen LogP contribution in [0.1, 0.15) is 43.0 Å². The van der Waals surface area contributed by atoms with E-state index in [0.29, 0.717) is 6.42 Å². The highest BCUT2D eigenvalue weighted by Gasteiger charge is 2.27. The highest BCUT2D eigenvalue weighted by molar-refractivity contribution is 5.97. The van der Waals surface area contributed by atoms with E-state index in [-0.39, 0.29) is 17.6 Å². The molecule has 1 aromatic rings. The van der Waals surface area contributed by atoms with Crippen molar-refractivity contribution in [3.05, 3.63) is 35.9 Å². The molecule has 0 saturated carbocycles. The lowest BCUT2D eigenvalue weighted by molar-refractivity contribution is -0.132. The van der Waals surface area contributed by atoms with Crippen molar-refractivity contribution >= 4 is 11.7 Å². The highest BCUT2D eigenvalue weighted by atomic mass is 16.2. The lowest BCUT2D eigenvalue weighted by Crippen LogP contribution is -2.40. The molecule has 3 nitrogen and oxygen atoms in total. The summed E-state index contributed by atoms with van der Waals surface area (Å²) >= 11 is 0. The van der Waals surface area contributed by atoms with Crippen molar-refractivity contribution < 1.29 is 9.59 Å². The molecule has 0 unspecified atom stereocenters. The summed E-state index contributed by atoms with van der Waals surface area (Å²) in [6.07, 6.45) is 3.10. The molecule has 1 heterocycles. The topological polar surface area (TPSA) is 37.4 Å². The van der Waals surface area contributed by atoms with Crippen LogP contribution in [-0.2, 0) is 4.79 Å². The molecule has 1 aliphatic rings. The molecule has 2 rings (SSSR count). The number of likely N-dealkylation sites (tertiary alicyclic amines) is 1. The smallest absolute Gasteiger partial charge is 0.222 e. The van der Waals surface area contributed by atoms with E-state index in [9.17, 15) is 9.59 Å². The van der Waals surface area contributed by atoms with Gasteiger partial charge in [0.1, 0.15) is 0 Å². The molecule has 0 atom stereocenters.